The molecule has 0 radical (unpaired) electrons. The highest BCUT2D eigenvalue weighted by Gasteiger charge is 2.58. The summed E-state index contributed by atoms with van der Waals surface area (Å²) >= 11 is 0. The molecule has 43 heavy (non-hydrogen) atoms. The Hall–Kier alpha value is -3.46. The van der Waals surface area contributed by atoms with Crippen LogP contribution in [0.3, 0.4) is 0 Å². The first kappa shape index (κ1) is 31.0. The van der Waals surface area contributed by atoms with Crippen LogP contribution in [0.4, 0.5) is 0 Å². The molecule has 0 N–H and O–H groups in total. The molecule has 1 saturated heterocycles. The molecule has 5 rings (SSSR count). The minimum Gasteiger partial charge on any atom is -0.465 e. The number of ether oxygens (including phenoxy) is 2. The van der Waals surface area contributed by atoms with Crippen molar-refractivity contribution in [1.82, 2.24) is 9.62 Å². The monoisotopic (exact) mass is 594 g/mol. The first-order chi connectivity index (χ1) is 20.9. The van der Waals surface area contributed by atoms with Gasteiger partial charge in [0.1, 0.15) is 8.07 Å². The van der Waals surface area contributed by atoms with Gasteiger partial charge in [-0.1, -0.05) is 103 Å². The van der Waals surface area contributed by atoms with Crippen molar-refractivity contribution >= 4 is 42.6 Å². The molecule has 0 bridgehead atoms. The van der Waals surface area contributed by atoms with E-state index in [1.165, 1.54) is 15.6 Å². The Balaban J connectivity index is 1.71. The van der Waals surface area contributed by atoms with Gasteiger partial charge in [0.05, 0.1) is 13.2 Å². The summed E-state index contributed by atoms with van der Waals surface area (Å²) in [7, 11) is 1.61. The van der Waals surface area contributed by atoms with E-state index in [0.717, 1.165) is 24.7 Å². The van der Waals surface area contributed by atoms with Crippen LogP contribution in [-0.2, 0) is 19.1 Å². The zero-order valence-electron chi connectivity index (χ0n) is 25.9. The van der Waals surface area contributed by atoms with Gasteiger partial charge in [0.15, 0.2) is 5.41 Å². The lowest BCUT2D eigenvalue weighted by Gasteiger charge is -2.37. The van der Waals surface area contributed by atoms with Gasteiger partial charge in [-0.05, 0) is 68.3 Å². The quantitative estimate of drug-likeness (QED) is 0.155. The van der Waals surface area contributed by atoms with Crippen molar-refractivity contribution in [2.24, 2.45) is 11.3 Å². The van der Waals surface area contributed by atoms with E-state index in [4.69, 9.17) is 9.47 Å². The van der Waals surface area contributed by atoms with Crippen molar-refractivity contribution < 1.29 is 19.1 Å². The number of likely N-dealkylation sites (N-methyl/N-ethyl adjacent to an activating group) is 2. The molecule has 1 unspecified atom stereocenters. The third-order valence-electron chi connectivity index (χ3n) is 9.38. The van der Waals surface area contributed by atoms with E-state index in [0.29, 0.717) is 12.8 Å². The van der Waals surface area contributed by atoms with Gasteiger partial charge in [-0.2, -0.15) is 0 Å². The van der Waals surface area contributed by atoms with Gasteiger partial charge in [-0.25, -0.2) is 0 Å². The van der Waals surface area contributed by atoms with Gasteiger partial charge in [0, 0.05) is 13.1 Å². The highest BCUT2D eigenvalue weighted by Crippen LogP contribution is 2.50. The Morgan fingerprint density at radius 1 is 0.791 bits per heavy atom. The van der Waals surface area contributed by atoms with Crippen LogP contribution < -0.4 is 15.6 Å². The first-order valence-corrected chi connectivity index (χ1v) is 17.7. The van der Waals surface area contributed by atoms with Gasteiger partial charge < -0.3 is 19.1 Å². The summed E-state index contributed by atoms with van der Waals surface area (Å²) in [5, 5.41) is 3.94. The van der Waals surface area contributed by atoms with Gasteiger partial charge in [0.25, 0.3) is 0 Å². The Kier molecular flexibility index (Phi) is 9.69. The van der Waals surface area contributed by atoms with Gasteiger partial charge in [-0.3, -0.25) is 9.59 Å². The fourth-order valence-electron chi connectivity index (χ4n) is 7.20. The molecule has 0 spiro atoms. The lowest BCUT2D eigenvalue weighted by atomic mass is 9.71. The predicted octanol–water partition coefficient (Wildman–Crippen LogP) is 3.51. The van der Waals surface area contributed by atoms with Crippen molar-refractivity contribution in [3.05, 3.63) is 103 Å². The Morgan fingerprint density at radius 2 is 1.21 bits per heavy atom. The van der Waals surface area contributed by atoms with Gasteiger partial charge in [-0.15, -0.1) is 0 Å². The van der Waals surface area contributed by atoms with E-state index < -0.39 is 25.4 Å². The molecule has 0 aromatic heterocycles. The van der Waals surface area contributed by atoms with Crippen LogP contribution in [0.2, 0.25) is 6.04 Å². The van der Waals surface area contributed by atoms with Crippen LogP contribution >= 0.6 is 0 Å². The number of hydrogen-bond acceptors (Lipinski definition) is 6. The number of carbonyl (C=O) groups excluding carboxylic acids is 2. The van der Waals surface area contributed by atoms with Crippen molar-refractivity contribution in [3.8, 4) is 0 Å². The Labute approximate surface area is 257 Å². The highest BCUT2D eigenvalue weighted by atomic mass is 28.3. The summed E-state index contributed by atoms with van der Waals surface area (Å²) in [5.41, 5.74) is -0.214. The molecular formula is C35H43BN2O4Si. The number of benzene rings is 3. The number of carbonyl (C=O) groups is 2. The van der Waals surface area contributed by atoms with Crippen molar-refractivity contribution in [1.29, 1.82) is 0 Å². The average molecular weight is 595 g/mol. The summed E-state index contributed by atoms with van der Waals surface area (Å²) in [5.74, 6) is 1.35. The number of allylic oxidation sites excluding steroid dienone is 1. The third-order valence-corrected chi connectivity index (χ3v) is 14.4. The highest BCUT2D eigenvalue weighted by molar-refractivity contribution is 7.11. The number of nitrogens with zero attached hydrogens (tertiary/aromatic N) is 2. The van der Waals surface area contributed by atoms with Crippen LogP contribution in [0.25, 0.3) is 0 Å². The zero-order valence-corrected chi connectivity index (χ0v) is 26.9. The van der Waals surface area contributed by atoms with E-state index in [-0.39, 0.29) is 26.1 Å². The molecule has 3 aromatic rings. The molecule has 3 aromatic carbocycles. The maximum absolute atomic E-state index is 13.8. The van der Waals surface area contributed by atoms with Crippen LogP contribution in [0.15, 0.2) is 103 Å². The molecule has 8 heteroatoms. The molecule has 1 aliphatic carbocycles. The SMILES string of the molecule is CCOC(=O)C1(C(=O)OCC)CC(=CB2N(C)CCN2C)C(C[Si](c2ccccc2)(c2ccccc2)c2ccccc2)C1. The fourth-order valence-corrected chi connectivity index (χ4v) is 12.3. The molecular weight excluding hydrogens is 551 g/mol. The topological polar surface area (TPSA) is 59.1 Å². The maximum atomic E-state index is 13.8. The Morgan fingerprint density at radius 3 is 1.60 bits per heavy atom. The third kappa shape index (κ3) is 6.01. The van der Waals surface area contributed by atoms with E-state index >= 15 is 0 Å². The summed E-state index contributed by atoms with van der Waals surface area (Å²) in [4.78, 5) is 32.2. The number of rotatable bonds is 10. The van der Waals surface area contributed by atoms with E-state index in [9.17, 15) is 9.59 Å². The maximum Gasteiger partial charge on any atom is 0.338 e. The van der Waals surface area contributed by atoms with Crippen LogP contribution in [0.1, 0.15) is 26.7 Å². The second-order valence-corrected chi connectivity index (χ2v) is 15.9. The lowest BCUT2D eigenvalue weighted by molar-refractivity contribution is -0.171. The second kappa shape index (κ2) is 13.5. The first-order valence-electron chi connectivity index (χ1n) is 15.5. The minimum absolute atomic E-state index is 0.0245. The smallest absolute Gasteiger partial charge is 0.338 e. The summed E-state index contributed by atoms with van der Waals surface area (Å²) < 4.78 is 11.2. The molecule has 1 saturated carbocycles. The Bertz CT molecular complexity index is 1290. The summed E-state index contributed by atoms with van der Waals surface area (Å²) in [6.07, 6.45) is 0.689. The largest absolute Gasteiger partial charge is 0.465 e. The summed E-state index contributed by atoms with van der Waals surface area (Å²) in [6, 6.07) is 33.3. The molecule has 6 nitrogen and oxygen atoms in total. The average Bonchev–Trinajstić information content (AvgIpc) is 3.57. The van der Waals surface area contributed by atoms with E-state index in [1.807, 2.05) is 0 Å². The minimum atomic E-state index is -2.66. The molecule has 2 aliphatic rings. The van der Waals surface area contributed by atoms with Gasteiger partial charge in [0.2, 0.25) is 0 Å². The lowest BCUT2D eigenvalue weighted by Crippen LogP contribution is -2.67. The van der Waals surface area contributed by atoms with E-state index in [1.54, 1.807) is 13.8 Å². The molecule has 2 fully saturated rings. The van der Waals surface area contributed by atoms with Crippen LogP contribution in [-0.4, -0.2) is 77.0 Å². The fraction of sp³-hybridized carbons (Fsp3) is 0.371. The van der Waals surface area contributed by atoms with Crippen LogP contribution in [0.5, 0.6) is 0 Å². The summed E-state index contributed by atoms with van der Waals surface area (Å²) in [6.45, 7) is 6.05. The van der Waals surface area contributed by atoms with Crippen molar-refractivity contribution in [3.63, 3.8) is 0 Å². The molecule has 1 aliphatic heterocycles. The van der Waals surface area contributed by atoms with Gasteiger partial charge >= 0.3 is 18.9 Å². The van der Waals surface area contributed by atoms with Crippen molar-refractivity contribution in [2.75, 3.05) is 40.4 Å². The zero-order chi connectivity index (χ0) is 30.5. The molecule has 224 valence electrons. The standard InChI is InChI=1S/C35H43BN2O4Si/c1-5-41-33(39)35(34(40)42-6-2)24-28(26-36-37(3)22-23-38(36)4)29(25-35)27-43(30-16-10-7-11-17-30,31-18-12-8-13-19-31)32-20-14-9-15-21-32/h7-21,26,29H,5-6,22-25,27H2,1-4H3. The molecule has 0 amide bonds. The number of esters is 2. The van der Waals surface area contributed by atoms with Crippen LogP contribution in [0, 0.1) is 11.3 Å². The number of hydrogen-bond donors (Lipinski definition) is 0. The normalized spacial score (nSPS) is 20.0. The second-order valence-electron chi connectivity index (χ2n) is 11.9. The van der Waals surface area contributed by atoms with Crippen molar-refractivity contribution in [2.45, 2.75) is 32.7 Å². The van der Waals surface area contributed by atoms with E-state index in [2.05, 4.69) is 121 Å². The predicted molar refractivity (Wildman–Crippen MR) is 176 cm³/mol. The molecule has 1 atom stereocenters. The molecule has 1 heterocycles.